The third kappa shape index (κ3) is 3.76. The largest absolute Gasteiger partial charge is 0.479 e. The van der Waals surface area contributed by atoms with Crippen LogP contribution in [0.3, 0.4) is 0 Å². The minimum atomic E-state index is -1.15. The van der Waals surface area contributed by atoms with Gasteiger partial charge in [-0.1, -0.05) is 18.2 Å². The van der Waals surface area contributed by atoms with E-state index in [0.29, 0.717) is 0 Å². The molecule has 0 spiro atoms. The number of nitrogens with one attached hydrogen (secondary N) is 1. The van der Waals surface area contributed by atoms with E-state index in [2.05, 4.69) is 4.84 Å². The Labute approximate surface area is 98.8 Å². The highest BCUT2D eigenvalue weighted by atomic mass is 16.7. The van der Waals surface area contributed by atoms with Crippen molar-refractivity contribution in [3.05, 3.63) is 29.8 Å². The molecule has 92 valence electrons. The van der Waals surface area contributed by atoms with Gasteiger partial charge in [0, 0.05) is 12.7 Å². The maximum absolute atomic E-state index is 11.6. The quantitative estimate of drug-likeness (QED) is 0.771. The second-order valence-electron chi connectivity index (χ2n) is 3.44. The van der Waals surface area contributed by atoms with Crippen LogP contribution in [0.2, 0.25) is 0 Å². The molecule has 6 heteroatoms. The molecule has 0 bridgehead atoms. The Hall–Kier alpha value is -2.08. The number of carboxylic acid groups (broad SMARTS) is 1. The topological polar surface area (TPSA) is 78.9 Å². The molecule has 2 N–H and O–H groups in total. The minimum absolute atomic E-state index is 0.527. The number of hydrogen-bond acceptors (Lipinski definition) is 3. The smallest absolute Gasteiger partial charge is 0.345 e. The Morgan fingerprint density at radius 1 is 1.41 bits per heavy atom. The number of carboxylic acids is 1. The number of benzene rings is 1. The SMILES string of the molecule is Cc1ccccc1N(C)C(=O)NOCC(=O)O. The molecule has 0 aliphatic rings. The van der Waals surface area contributed by atoms with E-state index < -0.39 is 18.6 Å². The van der Waals surface area contributed by atoms with Gasteiger partial charge in [0.2, 0.25) is 0 Å². The monoisotopic (exact) mass is 238 g/mol. The predicted molar refractivity (Wildman–Crippen MR) is 61.7 cm³/mol. The lowest BCUT2D eigenvalue weighted by molar-refractivity contribution is -0.143. The number of hydrogen-bond donors (Lipinski definition) is 2. The molecule has 1 aromatic rings. The first kappa shape index (κ1) is 13.0. The molecule has 0 unspecified atom stereocenters. The van der Waals surface area contributed by atoms with Crippen LogP contribution in [0.15, 0.2) is 24.3 Å². The Morgan fingerprint density at radius 2 is 2.06 bits per heavy atom. The maximum Gasteiger partial charge on any atom is 0.345 e. The molecule has 0 heterocycles. The van der Waals surface area contributed by atoms with Gasteiger partial charge in [0.25, 0.3) is 0 Å². The minimum Gasteiger partial charge on any atom is -0.479 e. The summed E-state index contributed by atoms with van der Waals surface area (Å²) in [5.41, 5.74) is 3.71. The van der Waals surface area contributed by atoms with E-state index in [4.69, 9.17) is 5.11 Å². The van der Waals surface area contributed by atoms with Crippen molar-refractivity contribution in [2.24, 2.45) is 0 Å². The number of hydroxylamine groups is 1. The van der Waals surface area contributed by atoms with E-state index in [-0.39, 0.29) is 0 Å². The van der Waals surface area contributed by atoms with E-state index in [1.165, 1.54) is 4.90 Å². The molecule has 2 amide bonds. The summed E-state index contributed by atoms with van der Waals surface area (Å²) in [6, 6.07) is 6.81. The Morgan fingerprint density at radius 3 is 2.65 bits per heavy atom. The van der Waals surface area contributed by atoms with E-state index in [9.17, 15) is 9.59 Å². The predicted octanol–water partition coefficient (Wildman–Crippen LogP) is 1.16. The second kappa shape index (κ2) is 5.86. The lowest BCUT2D eigenvalue weighted by atomic mass is 10.2. The Balaban J connectivity index is 2.58. The van der Waals surface area contributed by atoms with Crippen LogP contribution in [0.1, 0.15) is 5.56 Å². The van der Waals surface area contributed by atoms with Crippen LogP contribution < -0.4 is 10.4 Å². The Bertz CT molecular complexity index is 420. The lowest BCUT2D eigenvalue weighted by Crippen LogP contribution is -2.38. The molecule has 1 aromatic carbocycles. The molecule has 0 aromatic heterocycles. The summed E-state index contributed by atoms with van der Waals surface area (Å²) in [7, 11) is 1.57. The van der Waals surface area contributed by atoms with Crippen LogP contribution in [0.25, 0.3) is 0 Å². The maximum atomic E-state index is 11.6. The summed E-state index contributed by atoms with van der Waals surface area (Å²) < 4.78 is 0. The molecule has 0 aliphatic carbocycles. The van der Waals surface area contributed by atoms with E-state index in [1.54, 1.807) is 13.1 Å². The van der Waals surface area contributed by atoms with Gasteiger partial charge in [-0.3, -0.25) is 9.74 Å². The summed E-state index contributed by atoms with van der Waals surface area (Å²) in [6.07, 6.45) is 0. The highest BCUT2D eigenvalue weighted by Gasteiger charge is 2.12. The van der Waals surface area contributed by atoms with E-state index in [0.717, 1.165) is 11.3 Å². The highest BCUT2D eigenvalue weighted by Crippen LogP contribution is 2.17. The number of urea groups is 1. The molecule has 17 heavy (non-hydrogen) atoms. The molecule has 1 rings (SSSR count). The average molecular weight is 238 g/mol. The number of amides is 2. The molecule has 0 aliphatic heterocycles. The van der Waals surface area contributed by atoms with Gasteiger partial charge in [-0.15, -0.1) is 0 Å². The van der Waals surface area contributed by atoms with Gasteiger partial charge in [-0.05, 0) is 18.6 Å². The number of aryl methyl sites for hydroxylation is 1. The molecule has 0 radical (unpaired) electrons. The van der Waals surface area contributed by atoms with Crippen LogP contribution in [-0.2, 0) is 9.63 Å². The Kier molecular flexibility index (Phi) is 4.47. The number of aliphatic carboxylic acids is 1. The van der Waals surface area contributed by atoms with Crippen LogP contribution in [0.4, 0.5) is 10.5 Å². The number of carbonyl (C=O) groups is 2. The highest BCUT2D eigenvalue weighted by molar-refractivity contribution is 5.91. The van der Waals surface area contributed by atoms with Crippen LogP contribution >= 0.6 is 0 Å². The fourth-order valence-electron chi connectivity index (χ4n) is 1.28. The summed E-state index contributed by atoms with van der Waals surface area (Å²) in [5, 5.41) is 8.34. The number of nitrogens with zero attached hydrogens (tertiary/aromatic N) is 1. The van der Waals surface area contributed by atoms with Crippen molar-refractivity contribution < 1.29 is 19.5 Å². The molecule has 0 fully saturated rings. The van der Waals surface area contributed by atoms with Gasteiger partial charge in [0.05, 0.1) is 0 Å². The number of para-hydroxylation sites is 1. The van der Waals surface area contributed by atoms with Crippen LogP contribution in [0, 0.1) is 6.92 Å². The molecule has 6 nitrogen and oxygen atoms in total. The zero-order chi connectivity index (χ0) is 12.8. The first-order valence-electron chi connectivity index (χ1n) is 4.95. The number of rotatable bonds is 4. The van der Waals surface area contributed by atoms with Gasteiger partial charge in [-0.2, -0.15) is 0 Å². The van der Waals surface area contributed by atoms with E-state index >= 15 is 0 Å². The molecule has 0 saturated carbocycles. The summed E-state index contributed by atoms with van der Waals surface area (Å²) in [6.45, 7) is 1.30. The van der Waals surface area contributed by atoms with Crippen molar-refractivity contribution >= 4 is 17.7 Å². The fraction of sp³-hybridized carbons (Fsp3) is 0.273. The van der Waals surface area contributed by atoms with Crippen molar-refractivity contribution in [1.29, 1.82) is 0 Å². The third-order valence-electron chi connectivity index (χ3n) is 2.14. The fourth-order valence-corrected chi connectivity index (χ4v) is 1.28. The van der Waals surface area contributed by atoms with Gasteiger partial charge in [0.15, 0.2) is 6.61 Å². The zero-order valence-electron chi connectivity index (χ0n) is 9.64. The first-order chi connectivity index (χ1) is 8.02. The van der Waals surface area contributed by atoms with Gasteiger partial charge in [0.1, 0.15) is 0 Å². The number of carbonyl (C=O) groups excluding carboxylic acids is 1. The molecule has 0 atom stereocenters. The summed E-state index contributed by atoms with van der Waals surface area (Å²) in [4.78, 5) is 27.6. The second-order valence-corrected chi connectivity index (χ2v) is 3.44. The van der Waals surface area contributed by atoms with Crippen molar-refractivity contribution in [3.63, 3.8) is 0 Å². The molecule has 0 saturated heterocycles. The van der Waals surface area contributed by atoms with E-state index in [1.807, 2.05) is 30.6 Å². The van der Waals surface area contributed by atoms with Crippen molar-refractivity contribution in [1.82, 2.24) is 5.48 Å². The summed E-state index contributed by atoms with van der Waals surface area (Å²) in [5.74, 6) is -1.15. The van der Waals surface area contributed by atoms with Crippen molar-refractivity contribution in [3.8, 4) is 0 Å². The normalized spacial score (nSPS) is 9.76. The van der Waals surface area contributed by atoms with Gasteiger partial charge in [-0.25, -0.2) is 15.1 Å². The van der Waals surface area contributed by atoms with Gasteiger partial charge < -0.3 is 5.11 Å². The van der Waals surface area contributed by atoms with Crippen molar-refractivity contribution in [2.45, 2.75) is 6.92 Å². The van der Waals surface area contributed by atoms with Gasteiger partial charge >= 0.3 is 12.0 Å². The summed E-state index contributed by atoms with van der Waals surface area (Å²) >= 11 is 0. The molecular weight excluding hydrogens is 224 g/mol. The standard InChI is InChI=1S/C11H14N2O4/c1-8-5-3-4-6-9(8)13(2)11(16)12-17-7-10(14)15/h3-6H,7H2,1-2H3,(H,12,16)(H,14,15). The third-order valence-corrected chi connectivity index (χ3v) is 2.14. The zero-order valence-corrected chi connectivity index (χ0v) is 9.64. The van der Waals surface area contributed by atoms with Crippen LogP contribution in [0.5, 0.6) is 0 Å². The lowest BCUT2D eigenvalue weighted by Gasteiger charge is -2.19. The average Bonchev–Trinajstić information content (AvgIpc) is 2.28. The first-order valence-corrected chi connectivity index (χ1v) is 4.95. The molecular formula is C11H14N2O4. The number of anilines is 1. The van der Waals surface area contributed by atoms with Crippen molar-refractivity contribution in [2.75, 3.05) is 18.6 Å². The van der Waals surface area contributed by atoms with Crippen LogP contribution in [-0.4, -0.2) is 30.8 Å².